The Kier molecular flexibility index (Phi) is 12.5. The van der Waals surface area contributed by atoms with Gasteiger partial charge in [0.2, 0.25) is 0 Å². The van der Waals surface area contributed by atoms with Crippen LogP contribution < -0.4 is 16.4 Å². The fraction of sp³-hybridized carbons (Fsp3) is 0.538. The van der Waals surface area contributed by atoms with Gasteiger partial charge in [-0.1, -0.05) is 83.0 Å². The first-order chi connectivity index (χ1) is 14.0. The van der Waals surface area contributed by atoms with Crippen LogP contribution >= 0.6 is 0 Å². The molecule has 3 heteroatoms. The summed E-state index contributed by atoms with van der Waals surface area (Å²) >= 11 is 0. The second-order valence-corrected chi connectivity index (χ2v) is 8.16. The van der Waals surface area contributed by atoms with E-state index in [1.807, 2.05) is 0 Å². The molecule has 0 aromatic heterocycles. The summed E-state index contributed by atoms with van der Waals surface area (Å²) in [4.78, 5) is 0. The molecule has 0 spiro atoms. The quantitative estimate of drug-likeness (QED) is 0.602. The number of nitrogens with one attached hydrogen (secondary N) is 2. The molecule has 29 heavy (non-hydrogen) atoms. The molecule has 2 aliphatic rings. The zero-order valence-electron chi connectivity index (χ0n) is 19.6. The summed E-state index contributed by atoms with van der Waals surface area (Å²) in [5.74, 6) is 0.649. The van der Waals surface area contributed by atoms with Crippen LogP contribution in [0.1, 0.15) is 86.8 Å². The molecule has 0 atom stereocenters. The van der Waals surface area contributed by atoms with Gasteiger partial charge in [0.15, 0.2) is 0 Å². The molecule has 0 saturated heterocycles. The number of hydrogen-bond acceptors (Lipinski definition) is 3. The number of hydrogen-bond donors (Lipinski definition) is 3. The van der Waals surface area contributed by atoms with Gasteiger partial charge in [-0.25, -0.2) is 0 Å². The number of aryl methyl sites for hydroxylation is 1. The number of nitrogens with two attached hydrogens (primary N) is 1. The van der Waals surface area contributed by atoms with Crippen molar-refractivity contribution in [3.8, 4) is 0 Å². The third kappa shape index (κ3) is 9.12. The first-order valence-electron chi connectivity index (χ1n) is 11.3. The summed E-state index contributed by atoms with van der Waals surface area (Å²) in [5.41, 5.74) is 13.7. The summed E-state index contributed by atoms with van der Waals surface area (Å²) < 4.78 is 0. The van der Waals surface area contributed by atoms with Crippen LogP contribution in [0.2, 0.25) is 0 Å². The molecule has 0 unspecified atom stereocenters. The second-order valence-electron chi connectivity index (χ2n) is 8.16. The molecule has 0 bridgehead atoms. The lowest BCUT2D eigenvalue weighted by Gasteiger charge is -2.06. The lowest BCUT2D eigenvalue weighted by Crippen LogP contribution is -1.99. The first kappa shape index (κ1) is 25.4. The summed E-state index contributed by atoms with van der Waals surface area (Å²) in [7, 11) is 0. The van der Waals surface area contributed by atoms with E-state index >= 15 is 0 Å². The van der Waals surface area contributed by atoms with Crippen LogP contribution in [-0.2, 0) is 26.2 Å². The third-order valence-corrected chi connectivity index (χ3v) is 4.81. The lowest BCUT2D eigenvalue weighted by atomic mass is 9.99. The first-order valence-corrected chi connectivity index (χ1v) is 11.3. The van der Waals surface area contributed by atoms with Crippen molar-refractivity contribution in [2.24, 2.45) is 5.73 Å². The molecule has 0 amide bonds. The summed E-state index contributed by atoms with van der Waals surface area (Å²) in [6.45, 7) is 17.9. The van der Waals surface area contributed by atoms with Gasteiger partial charge >= 0.3 is 0 Å². The average Bonchev–Trinajstić information content (AvgIpc) is 3.37. The molecule has 2 heterocycles. The van der Waals surface area contributed by atoms with E-state index in [0.29, 0.717) is 5.92 Å². The topological polar surface area (TPSA) is 50.1 Å². The third-order valence-electron chi connectivity index (χ3n) is 4.81. The molecular weight excluding hydrogens is 354 g/mol. The number of benzene rings is 2. The fourth-order valence-electron chi connectivity index (χ4n) is 3.10. The van der Waals surface area contributed by atoms with Gasteiger partial charge in [0.05, 0.1) is 0 Å². The lowest BCUT2D eigenvalue weighted by molar-refractivity contribution is 0.764. The minimum absolute atomic E-state index is 0.649. The highest BCUT2D eigenvalue weighted by Gasteiger charge is 2.10. The van der Waals surface area contributed by atoms with Crippen LogP contribution in [0.25, 0.3) is 0 Å². The van der Waals surface area contributed by atoms with Gasteiger partial charge in [0.25, 0.3) is 0 Å². The maximum absolute atomic E-state index is 5.03. The Labute approximate surface area is 179 Å². The van der Waals surface area contributed by atoms with Crippen molar-refractivity contribution in [2.45, 2.75) is 86.5 Å². The van der Waals surface area contributed by atoms with E-state index in [2.05, 4.69) is 88.6 Å². The Morgan fingerprint density at radius 3 is 1.72 bits per heavy atom. The highest BCUT2D eigenvalue weighted by molar-refractivity contribution is 5.35. The summed E-state index contributed by atoms with van der Waals surface area (Å²) in [6, 6.07) is 13.5. The monoisotopic (exact) mass is 397 g/mol. The van der Waals surface area contributed by atoms with Crippen LogP contribution in [0.4, 0.5) is 0 Å². The highest BCUT2D eigenvalue weighted by Crippen LogP contribution is 2.21. The largest absolute Gasteiger partial charge is 0.330 e. The van der Waals surface area contributed by atoms with Gasteiger partial charge in [0.1, 0.15) is 0 Å². The molecular formula is C26H43N3. The Bertz CT molecular complexity index is 705. The van der Waals surface area contributed by atoms with Crippen LogP contribution in [-0.4, -0.2) is 6.54 Å². The van der Waals surface area contributed by atoms with Crippen molar-refractivity contribution >= 4 is 0 Å². The van der Waals surface area contributed by atoms with Gasteiger partial charge in [0, 0.05) is 26.2 Å². The summed E-state index contributed by atoms with van der Waals surface area (Å²) in [5, 5.41) is 6.67. The van der Waals surface area contributed by atoms with Crippen molar-refractivity contribution in [3.05, 3.63) is 69.8 Å². The van der Waals surface area contributed by atoms with E-state index in [1.54, 1.807) is 0 Å². The number of rotatable bonds is 2. The van der Waals surface area contributed by atoms with Gasteiger partial charge in [-0.3, -0.25) is 0 Å². The van der Waals surface area contributed by atoms with Crippen molar-refractivity contribution in [3.63, 3.8) is 0 Å². The van der Waals surface area contributed by atoms with Gasteiger partial charge in [-0.15, -0.1) is 0 Å². The van der Waals surface area contributed by atoms with E-state index in [-0.39, 0.29) is 0 Å². The van der Waals surface area contributed by atoms with Crippen LogP contribution in [0.15, 0.2) is 36.4 Å². The maximum atomic E-state index is 5.03. The van der Waals surface area contributed by atoms with E-state index in [9.17, 15) is 0 Å². The van der Waals surface area contributed by atoms with Gasteiger partial charge in [-0.2, -0.15) is 0 Å². The molecule has 162 valence electrons. The van der Waals surface area contributed by atoms with E-state index in [4.69, 9.17) is 5.73 Å². The Balaban J connectivity index is 0.000000223. The van der Waals surface area contributed by atoms with Crippen LogP contribution in [0, 0.1) is 6.92 Å². The molecule has 0 fully saturated rings. The second kappa shape index (κ2) is 14.3. The molecule has 3 nitrogen and oxygen atoms in total. The molecule has 0 radical (unpaired) electrons. The SMILES string of the molecule is CC(C)c1ccc2c(c1)CNC2.CCC.CCCN.Cc1ccc2c(c1)CNC2. The van der Waals surface area contributed by atoms with Crippen LogP contribution in [0.3, 0.4) is 0 Å². The van der Waals surface area contributed by atoms with Crippen molar-refractivity contribution in [1.29, 1.82) is 0 Å². The zero-order valence-corrected chi connectivity index (χ0v) is 19.6. The normalized spacial score (nSPS) is 13.2. The molecule has 2 aromatic rings. The van der Waals surface area contributed by atoms with Gasteiger partial charge in [-0.05, 0) is 53.6 Å². The minimum atomic E-state index is 0.649. The molecule has 4 N–H and O–H groups in total. The van der Waals surface area contributed by atoms with Crippen LogP contribution in [0.5, 0.6) is 0 Å². The Hall–Kier alpha value is -1.68. The number of fused-ring (bicyclic) bond motifs is 2. The highest BCUT2D eigenvalue weighted by atomic mass is 14.9. The van der Waals surface area contributed by atoms with E-state index in [0.717, 1.165) is 39.1 Å². The Morgan fingerprint density at radius 1 is 0.793 bits per heavy atom. The maximum Gasteiger partial charge on any atom is 0.0212 e. The zero-order chi connectivity index (χ0) is 21.6. The molecule has 2 aliphatic heterocycles. The smallest absolute Gasteiger partial charge is 0.0212 e. The molecule has 0 saturated carbocycles. The predicted molar refractivity (Wildman–Crippen MR) is 128 cm³/mol. The van der Waals surface area contributed by atoms with E-state index < -0.39 is 0 Å². The predicted octanol–water partition coefficient (Wildman–Crippen LogP) is 5.78. The minimum Gasteiger partial charge on any atom is -0.330 e. The van der Waals surface area contributed by atoms with Crippen molar-refractivity contribution in [2.75, 3.05) is 6.54 Å². The Morgan fingerprint density at radius 2 is 1.24 bits per heavy atom. The summed E-state index contributed by atoms with van der Waals surface area (Å²) in [6.07, 6.45) is 2.35. The molecule has 2 aromatic carbocycles. The fourth-order valence-corrected chi connectivity index (χ4v) is 3.10. The molecule has 4 rings (SSSR count). The van der Waals surface area contributed by atoms with Gasteiger partial charge < -0.3 is 16.4 Å². The van der Waals surface area contributed by atoms with Crippen molar-refractivity contribution < 1.29 is 0 Å². The standard InChI is InChI=1S/C11H15N.C9H11N.C3H9N.C3H8/c1-8(2)9-3-4-10-6-12-7-11(10)5-9;1-7-2-3-8-5-10-6-9(8)4-7;1-2-3-4;1-3-2/h3-5,8,12H,6-7H2,1-2H3;2-4,10H,5-6H2,1H3;2-4H2,1H3;3H2,1-2H3. The molecule has 0 aliphatic carbocycles. The van der Waals surface area contributed by atoms with E-state index in [1.165, 1.54) is 39.8 Å². The average molecular weight is 398 g/mol. The van der Waals surface area contributed by atoms with Crippen molar-refractivity contribution in [1.82, 2.24) is 10.6 Å².